The molecule has 0 radical (unpaired) electrons. The van der Waals surface area contributed by atoms with Crippen LogP contribution in [0.4, 0.5) is 5.95 Å². The Balaban J connectivity index is 2.03. The van der Waals surface area contributed by atoms with Crippen molar-refractivity contribution < 1.29 is 0 Å². The maximum atomic E-state index is 12.3. The quantitative estimate of drug-likeness (QED) is 0.943. The van der Waals surface area contributed by atoms with E-state index in [0.29, 0.717) is 12.0 Å². The molecule has 0 unspecified atom stereocenters. The van der Waals surface area contributed by atoms with Gasteiger partial charge in [0.05, 0.1) is 0 Å². The van der Waals surface area contributed by atoms with E-state index in [-0.39, 0.29) is 11.6 Å². The van der Waals surface area contributed by atoms with Crippen LogP contribution in [0, 0.1) is 6.92 Å². The third-order valence-electron chi connectivity index (χ3n) is 4.45. The van der Waals surface area contributed by atoms with Gasteiger partial charge in [-0.1, -0.05) is 19.3 Å². The summed E-state index contributed by atoms with van der Waals surface area (Å²) >= 11 is 0. The van der Waals surface area contributed by atoms with Crippen LogP contribution in [0.2, 0.25) is 0 Å². The van der Waals surface area contributed by atoms with Gasteiger partial charge in [0, 0.05) is 29.7 Å². The second-order valence-electron chi connectivity index (χ2n) is 6.54. The summed E-state index contributed by atoms with van der Waals surface area (Å²) in [4.78, 5) is 21.4. The SMILES string of the molecule is Cc1cc(=O)n(C(C)C)c2nc(NC3CCCCC3)ncc12. The van der Waals surface area contributed by atoms with E-state index in [9.17, 15) is 4.79 Å². The second-order valence-corrected chi connectivity index (χ2v) is 6.54. The number of rotatable bonds is 3. The van der Waals surface area contributed by atoms with Gasteiger partial charge in [-0.25, -0.2) is 4.98 Å². The summed E-state index contributed by atoms with van der Waals surface area (Å²) in [5.41, 5.74) is 1.66. The summed E-state index contributed by atoms with van der Waals surface area (Å²) in [6.07, 6.45) is 8.03. The van der Waals surface area contributed by atoms with Crippen molar-refractivity contribution in [1.29, 1.82) is 0 Å². The van der Waals surface area contributed by atoms with Crippen LogP contribution in [0.25, 0.3) is 11.0 Å². The van der Waals surface area contributed by atoms with Gasteiger partial charge in [-0.2, -0.15) is 4.98 Å². The van der Waals surface area contributed by atoms with Gasteiger partial charge in [-0.3, -0.25) is 9.36 Å². The molecule has 0 saturated heterocycles. The normalized spacial score (nSPS) is 16.4. The lowest BCUT2D eigenvalue weighted by Gasteiger charge is -2.23. The number of nitrogens with zero attached hydrogens (tertiary/aromatic N) is 3. The number of aryl methyl sites for hydroxylation is 1. The van der Waals surface area contributed by atoms with Crippen molar-refractivity contribution in [1.82, 2.24) is 14.5 Å². The highest BCUT2D eigenvalue weighted by Crippen LogP contribution is 2.22. The Morgan fingerprint density at radius 1 is 1.27 bits per heavy atom. The van der Waals surface area contributed by atoms with Gasteiger partial charge >= 0.3 is 0 Å². The molecule has 0 atom stereocenters. The molecule has 22 heavy (non-hydrogen) atoms. The average molecular weight is 300 g/mol. The fourth-order valence-electron chi connectivity index (χ4n) is 3.27. The average Bonchev–Trinajstić information content (AvgIpc) is 2.47. The van der Waals surface area contributed by atoms with E-state index in [1.807, 2.05) is 27.0 Å². The van der Waals surface area contributed by atoms with Gasteiger partial charge < -0.3 is 5.32 Å². The van der Waals surface area contributed by atoms with Gasteiger partial charge in [0.1, 0.15) is 5.65 Å². The van der Waals surface area contributed by atoms with Crippen LogP contribution >= 0.6 is 0 Å². The molecule has 2 aromatic rings. The molecule has 1 aliphatic rings. The molecule has 0 aliphatic heterocycles. The van der Waals surface area contributed by atoms with Crippen LogP contribution in [0.15, 0.2) is 17.1 Å². The fourth-order valence-corrected chi connectivity index (χ4v) is 3.27. The lowest BCUT2D eigenvalue weighted by molar-refractivity contribution is 0.461. The predicted octanol–water partition coefficient (Wildman–Crippen LogP) is 3.43. The number of hydrogen-bond acceptors (Lipinski definition) is 4. The smallest absolute Gasteiger partial charge is 0.252 e. The first kappa shape index (κ1) is 15.0. The number of nitrogens with one attached hydrogen (secondary N) is 1. The zero-order chi connectivity index (χ0) is 15.7. The van der Waals surface area contributed by atoms with Crippen LogP contribution in [0.1, 0.15) is 57.6 Å². The van der Waals surface area contributed by atoms with Crippen LogP contribution in [0.3, 0.4) is 0 Å². The minimum Gasteiger partial charge on any atom is -0.351 e. The van der Waals surface area contributed by atoms with Crippen molar-refractivity contribution in [2.75, 3.05) is 5.32 Å². The molecule has 1 N–H and O–H groups in total. The number of pyridine rings is 1. The molecular formula is C17H24N4O. The lowest BCUT2D eigenvalue weighted by atomic mass is 9.96. The molecule has 0 aromatic carbocycles. The number of fused-ring (bicyclic) bond motifs is 1. The summed E-state index contributed by atoms with van der Waals surface area (Å²) < 4.78 is 1.75. The molecule has 2 heterocycles. The van der Waals surface area contributed by atoms with Crippen molar-refractivity contribution >= 4 is 17.0 Å². The maximum Gasteiger partial charge on any atom is 0.252 e. The molecular weight excluding hydrogens is 276 g/mol. The fraction of sp³-hybridized carbons (Fsp3) is 0.588. The van der Waals surface area contributed by atoms with Crippen LogP contribution < -0.4 is 10.9 Å². The highest BCUT2D eigenvalue weighted by Gasteiger charge is 2.16. The predicted molar refractivity (Wildman–Crippen MR) is 89.4 cm³/mol. The summed E-state index contributed by atoms with van der Waals surface area (Å²) in [6, 6.07) is 2.20. The zero-order valence-electron chi connectivity index (χ0n) is 13.6. The second kappa shape index (κ2) is 6.07. The van der Waals surface area contributed by atoms with Crippen LogP contribution in [0.5, 0.6) is 0 Å². The molecule has 1 aliphatic carbocycles. The lowest BCUT2D eigenvalue weighted by Crippen LogP contribution is -2.25. The largest absolute Gasteiger partial charge is 0.351 e. The molecule has 1 saturated carbocycles. The van der Waals surface area contributed by atoms with E-state index in [0.717, 1.165) is 16.6 Å². The summed E-state index contributed by atoms with van der Waals surface area (Å²) in [5, 5.41) is 4.39. The van der Waals surface area contributed by atoms with E-state index in [2.05, 4.69) is 15.3 Å². The number of anilines is 1. The van der Waals surface area contributed by atoms with E-state index in [1.54, 1.807) is 10.6 Å². The minimum absolute atomic E-state index is 0.00214. The Hall–Kier alpha value is -1.91. The first-order chi connectivity index (χ1) is 10.6. The molecule has 3 rings (SSSR count). The Labute approximate surface area is 130 Å². The molecule has 5 heteroatoms. The minimum atomic E-state index is 0.00214. The monoisotopic (exact) mass is 300 g/mol. The Morgan fingerprint density at radius 2 is 2.00 bits per heavy atom. The topological polar surface area (TPSA) is 59.8 Å². The first-order valence-electron chi connectivity index (χ1n) is 8.21. The molecule has 118 valence electrons. The van der Waals surface area contributed by atoms with E-state index < -0.39 is 0 Å². The molecule has 0 amide bonds. The summed E-state index contributed by atoms with van der Waals surface area (Å²) in [6.45, 7) is 5.95. The van der Waals surface area contributed by atoms with Crippen molar-refractivity contribution in [3.05, 3.63) is 28.2 Å². The number of hydrogen-bond donors (Lipinski definition) is 1. The third kappa shape index (κ3) is 2.85. The van der Waals surface area contributed by atoms with Crippen molar-refractivity contribution in [2.24, 2.45) is 0 Å². The van der Waals surface area contributed by atoms with Gasteiger partial charge in [-0.05, 0) is 39.2 Å². The first-order valence-corrected chi connectivity index (χ1v) is 8.21. The van der Waals surface area contributed by atoms with Crippen LogP contribution in [-0.4, -0.2) is 20.6 Å². The molecule has 0 spiro atoms. The van der Waals surface area contributed by atoms with Crippen molar-refractivity contribution in [3.63, 3.8) is 0 Å². The zero-order valence-corrected chi connectivity index (χ0v) is 13.6. The van der Waals surface area contributed by atoms with E-state index >= 15 is 0 Å². The summed E-state index contributed by atoms with van der Waals surface area (Å²) in [5.74, 6) is 0.638. The van der Waals surface area contributed by atoms with Crippen molar-refractivity contribution in [2.45, 2.75) is 65.0 Å². The van der Waals surface area contributed by atoms with Gasteiger partial charge in [-0.15, -0.1) is 0 Å². The van der Waals surface area contributed by atoms with Gasteiger partial charge in [0.15, 0.2) is 0 Å². The Kier molecular flexibility index (Phi) is 4.14. The van der Waals surface area contributed by atoms with Crippen LogP contribution in [-0.2, 0) is 0 Å². The Morgan fingerprint density at radius 3 is 2.68 bits per heavy atom. The highest BCUT2D eigenvalue weighted by molar-refractivity contribution is 5.79. The molecule has 2 aromatic heterocycles. The standard InChI is InChI=1S/C17H24N4O/c1-11(2)21-15(22)9-12(3)14-10-18-17(20-16(14)21)19-13-7-5-4-6-8-13/h9-11,13H,4-8H2,1-3H3,(H,18,19,20). The van der Waals surface area contributed by atoms with E-state index in [4.69, 9.17) is 0 Å². The molecule has 0 bridgehead atoms. The summed E-state index contributed by atoms with van der Waals surface area (Å²) in [7, 11) is 0. The number of aromatic nitrogens is 3. The third-order valence-corrected chi connectivity index (χ3v) is 4.45. The van der Waals surface area contributed by atoms with Gasteiger partial charge in [0.2, 0.25) is 5.95 Å². The highest BCUT2D eigenvalue weighted by atomic mass is 16.1. The maximum absolute atomic E-state index is 12.3. The Bertz CT molecular complexity index is 729. The van der Waals surface area contributed by atoms with E-state index in [1.165, 1.54) is 32.1 Å². The van der Waals surface area contributed by atoms with Crippen molar-refractivity contribution in [3.8, 4) is 0 Å². The molecule has 5 nitrogen and oxygen atoms in total. The van der Waals surface area contributed by atoms with Gasteiger partial charge in [0.25, 0.3) is 5.56 Å². The molecule has 1 fully saturated rings.